The van der Waals surface area contributed by atoms with Crippen LogP contribution in [0, 0.1) is 0 Å². The molecule has 0 saturated heterocycles. The van der Waals surface area contributed by atoms with Gasteiger partial charge >= 0.3 is 0 Å². The minimum atomic E-state index is 1.04. The lowest BCUT2D eigenvalue weighted by atomic mass is 10.00. The number of benzene rings is 8. The summed E-state index contributed by atoms with van der Waals surface area (Å²) in [4.78, 5) is 7.48. The third-order valence-electron chi connectivity index (χ3n) is 9.47. The van der Waals surface area contributed by atoms with Gasteiger partial charge in [-0.25, -0.2) is 4.98 Å². The Balaban J connectivity index is 1.18. The minimum Gasteiger partial charge on any atom is -0.310 e. The summed E-state index contributed by atoms with van der Waals surface area (Å²) in [5.74, 6) is 0. The molecule has 49 heavy (non-hydrogen) atoms. The second kappa shape index (κ2) is 11.4. The zero-order chi connectivity index (χ0) is 32.3. The average Bonchev–Trinajstić information content (AvgIpc) is 3.77. The second-order valence-electron chi connectivity index (χ2n) is 12.4. The Morgan fingerprint density at radius 2 is 1.02 bits per heavy atom. The first-order chi connectivity index (χ1) is 24.3. The highest BCUT2D eigenvalue weighted by Crippen LogP contribution is 2.44. The van der Waals surface area contributed by atoms with Crippen molar-refractivity contribution in [1.82, 2.24) is 4.98 Å². The fraction of sp³-hybridized carbons (Fsp3) is 0. The molecule has 0 N–H and O–H groups in total. The zero-order valence-electron chi connectivity index (χ0n) is 26.4. The van der Waals surface area contributed by atoms with E-state index in [1.165, 1.54) is 57.5 Å². The van der Waals surface area contributed by atoms with Crippen molar-refractivity contribution in [3.8, 4) is 21.7 Å². The van der Waals surface area contributed by atoms with Gasteiger partial charge in [0, 0.05) is 48.2 Å². The molecule has 0 spiro atoms. The third kappa shape index (κ3) is 4.80. The van der Waals surface area contributed by atoms with Gasteiger partial charge in [-0.05, 0) is 75.8 Å². The Kier molecular flexibility index (Phi) is 6.57. The van der Waals surface area contributed by atoms with Crippen LogP contribution in [0.15, 0.2) is 170 Å². The molecule has 2 heterocycles. The molecular weight excluding hydrogens is 633 g/mol. The molecule has 0 bridgehead atoms. The van der Waals surface area contributed by atoms with Crippen LogP contribution in [-0.4, -0.2) is 4.98 Å². The monoisotopic (exact) mass is 660 g/mol. The van der Waals surface area contributed by atoms with Gasteiger partial charge in [0.25, 0.3) is 0 Å². The molecule has 0 radical (unpaired) electrons. The molecule has 10 aromatic rings. The maximum absolute atomic E-state index is 5.08. The molecule has 2 aromatic heterocycles. The number of hydrogen-bond donors (Lipinski definition) is 0. The number of thiazole rings is 1. The summed E-state index contributed by atoms with van der Waals surface area (Å²) in [6.07, 6.45) is 0. The molecule has 2 nitrogen and oxygen atoms in total. The van der Waals surface area contributed by atoms with Crippen molar-refractivity contribution in [2.75, 3.05) is 4.90 Å². The van der Waals surface area contributed by atoms with E-state index in [1.807, 2.05) is 11.3 Å². The van der Waals surface area contributed by atoms with Gasteiger partial charge in [0.05, 0.1) is 10.2 Å². The molecule has 0 amide bonds. The van der Waals surface area contributed by atoms with Crippen molar-refractivity contribution in [1.29, 1.82) is 0 Å². The highest BCUT2D eigenvalue weighted by atomic mass is 32.1. The van der Waals surface area contributed by atoms with Crippen LogP contribution in [0.25, 0.3) is 73.6 Å². The van der Waals surface area contributed by atoms with Crippen LogP contribution in [0.1, 0.15) is 0 Å². The summed E-state index contributed by atoms with van der Waals surface area (Å²) >= 11 is 3.64. The Morgan fingerprint density at radius 3 is 1.86 bits per heavy atom. The van der Waals surface area contributed by atoms with Gasteiger partial charge in [-0.15, -0.1) is 22.7 Å². The zero-order valence-corrected chi connectivity index (χ0v) is 28.0. The maximum Gasteiger partial charge on any atom is 0.124 e. The summed E-state index contributed by atoms with van der Waals surface area (Å²) in [6.45, 7) is 0. The maximum atomic E-state index is 5.08. The van der Waals surface area contributed by atoms with E-state index in [2.05, 4.69) is 175 Å². The Hall–Kier alpha value is -5.81. The Labute approximate surface area is 291 Å². The van der Waals surface area contributed by atoms with E-state index < -0.39 is 0 Å². The fourth-order valence-electron chi connectivity index (χ4n) is 7.09. The normalized spacial score (nSPS) is 11.7. The van der Waals surface area contributed by atoms with Gasteiger partial charge in [-0.3, -0.25) is 0 Å². The topological polar surface area (TPSA) is 16.1 Å². The predicted molar refractivity (Wildman–Crippen MR) is 213 cm³/mol. The number of nitrogens with zero attached hydrogens (tertiary/aromatic N) is 2. The van der Waals surface area contributed by atoms with Crippen LogP contribution in [0.5, 0.6) is 0 Å². The largest absolute Gasteiger partial charge is 0.310 e. The van der Waals surface area contributed by atoms with Crippen molar-refractivity contribution in [3.63, 3.8) is 0 Å². The average molecular weight is 661 g/mol. The number of thiophene rings is 1. The summed E-state index contributed by atoms with van der Waals surface area (Å²) in [7, 11) is 0. The third-order valence-corrected chi connectivity index (χ3v) is 11.7. The lowest BCUT2D eigenvalue weighted by molar-refractivity contribution is 1.30. The molecule has 0 aliphatic carbocycles. The molecule has 0 unspecified atom stereocenters. The van der Waals surface area contributed by atoms with Crippen LogP contribution in [0.4, 0.5) is 17.1 Å². The number of aromatic nitrogens is 1. The van der Waals surface area contributed by atoms with Crippen molar-refractivity contribution in [2.24, 2.45) is 0 Å². The molecule has 0 aliphatic rings. The van der Waals surface area contributed by atoms with E-state index in [1.54, 1.807) is 11.3 Å². The van der Waals surface area contributed by atoms with Crippen LogP contribution in [0.2, 0.25) is 0 Å². The molecule has 0 aliphatic heterocycles. The molecule has 0 fully saturated rings. The fourth-order valence-corrected chi connectivity index (χ4v) is 9.37. The van der Waals surface area contributed by atoms with Gasteiger partial charge in [-0.2, -0.15) is 0 Å². The van der Waals surface area contributed by atoms with Crippen molar-refractivity contribution in [3.05, 3.63) is 170 Å². The van der Waals surface area contributed by atoms with Crippen molar-refractivity contribution < 1.29 is 0 Å². The molecular formula is C45H28N2S2. The second-order valence-corrected chi connectivity index (χ2v) is 14.5. The highest BCUT2D eigenvalue weighted by Gasteiger charge is 2.18. The van der Waals surface area contributed by atoms with E-state index in [4.69, 9.17) is 4.98 Å². The summed E-state index contributed by atoms with van der Waals surface area (Å²) in [5, 5.41) is 8.61. The molecule has 0 saturated carbocycles. The Bertz CT molecular complexity index is 2820. The van der Waals surface area contributed by atoms with Gasteiger partial charge in [-0.1, -0.05) is 121 Å². The summed E-state index contributed by atoms with van der Waals surface area (Å²) in [6, 6.07) is 61.5. The standard InChI is InChI=1S/C45H28N2S2/c1-3-9-29(10-4-1)30-17-21-34(22-18-30)47(36-24-25-38-37-13-7-8-14-41(37)48-42(38)28-36)35-23-19-31-15-16-32-20-26-40-44(43(32)39(31)27-35)49-45(46-40)33-11-5-2-6-12-33/h1-28H. The number of hydrogen-bond acceptors (Lipinski definition) is 4. The van der Waals surface area contributed by atoms with Gasteiger partial charge < -0.3 is 4.90 Å². The first kappa shape index (κ1) is 28.2. The van der Waals surface area contributed by atoms with Crippen LogP contribution < -0.4 is 4.90 Å². The van der Waals surface area contributed by atoms with Crippen LogP contribution in [-0.2, 0) is 0 Å². The van der Waals surface area contributed by atoms with Crippen LogP contribution >= 0.6 is 22.7 Å². The molecule has 0 atom stereocenters. The number of anilines is 3. The van der Waals surface area contributed by atoms with Gasteiger partial charge in [0.2, 0.25) is 0 Å². The number of rotatable bonds is 5. The van der Waals surface area contributed by atoms with E-state index >= 15 is 0 Å². The van der Waals surface area contributed by atoms with E-state index in [9.17, 15) is 0 Å². The smallest absolute Gasteiger partial charge is 0.124 e. The molecule has 4 heteroatoms. The van der Waals surface area contributed by atoms with Crippen molar-refractivity contribution >= 4 is 91.7 Å². The van der Waals surface area contributed by atoms with E-state index in [0.29, 0.717) is 0 Å². The first-order valence-corrected chi connectivity index (χ1v) is 18.1. The van der Waals surface area contributed by atoms with E-state index in [0.717, 1.165) is 33.1 Å². The predicted octanol–water partition coefficient (Wildman–Crippen LogP) is 13.8. The molecule has 230 valence electrons. The van der Waals surface area contributed by atoms with Gasteiger partial charge in [0.15, 0.2) is 0 Å². The SMILES string of the molecule is c1ccc(-c2ccc(N(c3ccc4c(c3)sc3ccccc34)c3ccc4ccc5ccc6nc(-c7ccccc7)sc6c5c4c3)cc2)cc1. The quantitative estimate of drug-likeness (QED) is 0.171. The lowest BCUT2D eigenvalue weighted by Gasteiger charge is -2.26. The van der Waals surface area contributed by atoms with E-state index in [-0.39, 0.29) is 0 Å². The number of fused-ring (bicyclic) bond motifs is 8. The lowest BCUT2D eigenvalue weighted by Crippen LogP contribution is -2.09. The first-order valence-electron chi connectivity index (χ1n) is 16.5. The molecule has 8 aromatic carbocycles. The van der Waals surface area contributed by atoms with Gasteiger partial charge in [0.1, 0.15) is 5.01 Å². The molecule has 10 rings (SSSR count). The minimum absolute atomic E-state index is 1.04. The summed E-state index contributed by atoms with van der Waals surface area (Å²) < 4.78 is 3.83. The van der Waals surface area contributed by atoms with Crippen LogP contribution in [0.3, 0.4) is 0 Å². The summed E-state index contributed by atoms with van der Waals surface area (Å²) in [5.41, 5.74) is 7.99. The highest BCUT2D eigenvalue weighted by molar-refractivity contribution is 7.25. The Morgan fingerprint density at radius 1 is 0.408 bits per heavy atom. The van der Waals surface area contributed by atoms with Crippen molar-refractivity contribution in [2.45, 2.75) is 0 Å².